The highest BCUT2D eigenvalue weighted by molar-refractivity contribution is 5.94. The minimum atomic E-state index is -0.169. The Morgan fingerprint density at radius 3 is 2.79 bits per heavy atom. The maximum atomic E-state index is 12.0. The molecule has 2 amide bonds. The van der Waals surface area contributed by atoms with Crippen molar-refractivity contribution in [1.29, 1.82) is 0 Å². The molecule has 1 heterocycles. The van der Waals surface area contributed by atoms with Gasteiger partial charge in [-0.25, -0.2) is 0 Å². The van der Waals surface area contributed by atoms with E-state index in [0.29, 0.717) is 18.6 Å². The summed E-state index contributed by atoms with van der Waals surface area (Å²) < 4.78 is 5.57. The maximum absolute atomic E-state index is 12.0. The molecule has 1 aliphatic heterocycles. The van der Waals surface area contributed by atoms with E-state index in [0.717, 1.165) is 16.8 Å². The number of nitrogens with one attached hydrogen (secondary N) is 2. The Hall–Kier alpha value is -2.82. The average molecular weight is 324 g/mol. The number of benzene rings is 2. The van der Waals surface area contributed by atoms with Gasteiger partial charge in [-0.2, -0.15) is 0 Å². The summed E-state index contributed by atoms with van der Waals surface area (Å²) in [4.78, 5) is 23.4. The lowest BCUT2D eigenvalue weighted by atomic mass is 10.0. The molecule has 1 aliphatic rings. The zero-order valence-corrected chi connectivity index (χ0v) is 13.5. The van der Waals surface area contributed by atoms with Gasteiger partial charge in [0, 0.05) is 12.1 Å². The van der Waals surface area contributed by atoms with E-state index in [2.05, 4.69) is 10.6 Å². The van der Waals surface area contributed by atoms with Crippen LogP contribution in [0.5, 0.6) is 5.75 Å². The highest BCUT2D eigenvalue weighted by Crippen LogP contribution is 2.26. The van der Waals surface area contributed by atoms with Crippen molar-refractivity contribution < 1.29 is 14.3 Å². The van der Waals surface area contributed by atoms with Crippen molar-refractivity contribution in [1.82, 2.24) is 5.32 Å². The lowest BCUT2D eigenvalue weighted by molar-refractivity contribution is -0.123. The first-order valence-electron chi connectivity index (χ1n) is 8.02. The Kier molecular flexibility index (Phi) is 4.79. The number of fused-ring (bicyclic) bond motifs is 1. The van der Waals surface area contributed by atoms with Crippen LogP contribution in [0.2, 0.25) is 0 Å². The number of amides is 2. The number of anilines is 1. The topological polar surface area (TPSA) is 67.4 Å². The van der Waals surface area contributed by atoms with Crippen molar-refractivity contribution in [2.45, 2.75) is 25.8 Å². The Morgan fingerprint density at radius 1 is 1.21 bits per heavy atom. The molecule has 24 heavy (non-hydrogen) atoms. The van der Waals surface area contributed by atoms with Crippen LogP contribution in [0.15, 0.2) is 48.5 Å². The first-order chi connectivity index (χ1) is 11.6. The van der Waals surface area contributed by atoms with Crippen LogP contribution in [-0.2, 0) is 16.0 Å². The van der Waals surface area contributed by atoms with Crippen molar-refractivity contribution in [3.05, 3.63) is 59.7 Å². The van der Waals surface area contributed by atoms with Gasteiger partial charge in [0.25, 0.3) is 5.91 Å². The van der Waals surface area contributed by atoms with E-state index in [9.17, 15) is 9.59 Å². The molecular weight excluding hydrogens is 304 g/mol. The second-order valence-electron chi connectivity index (χ2n) is 5.86. The van der Waals surface area contributed by atoms with Gasteiger partial charge in [-0.1, -0.05) is 30.3 Å². The zero-order valence-electron chi connectivity index (χ0n) is 13.5. The van der Waals surface area contributed by atoms with Crippen molar-refractivity contribution in [2.75, 3.05) is 11.9 Å². The van der Waals surface area contributed by atoms with Crippen LogP contribution < -0.4 is 15.4 Å². The molecule has 5 nitrogen and oxygen atoms in total. The average Bonchev–Trinajstić information content (AvgIpc) is 2.60. The molecule has 0 saturated heterocycles. The zero-order chi connectivity index (χ0) is 16.9. The molecule has 1 atom stereocenters. The molecular formula is C19H20N2O3. The standard InChI is InChI=1S/C19H20N2O3/c1-13(14-5-3-2-4-6-14)20-19(23)12-24-16-8-9-17-15(11-16)7-10-18(22)21-17/h2-6,8-9,11,13H,7,10,12H2,1H3,(H,20,23)(H,21,22). The summed E-state index contributed by atoms with van der Waals surface area (Å²) >= 11 is 0. The fraction of sp³-hybridized carbons (Fsp3) is 0.263. The quantitative estimate of drug-likeness (QED) is 0.889. The molecule has 0 bridgehead atoms. The van der Waals surface area contributed by atoms with E-state index in [4.69, 9.17) is 4.74 Å². The molecule has 0 spiro atoms. The number of hydrogen-bond acceptors (Lipinski definition) is 3. The van der Waals surface area contributed by atoms with Gasteiger partial charge in [0.1, 0.15) is 5.75 Å². The fourth-order valence-corrected chi connectivity index (χ4v) is 2.71. The van der Waals surface area contributed by atoms with Crippen molar-refractivity contribution in [2.24, 2.45) is 0 Å². The molecule has 2 aromatic rings. The predicted octanol–water partition coefficient (Wildman–Crippen LogP) is 2.83. The monoisotopic (exact) mass is 324 g/mol. The summed E-state index contributed by atoms with van der Waals surface area (Å²) in [6.07, 6.45) is 1.17. The maximum Gasteiger partial charge on any atom is 0.258 e. The van der Waals surface area contributed by atoms with Crippen molar-refractivity contribution >= 4 is 17.5 Å². The van der Waals surface area contributed by atoms with E-state index in [1.165, 1.54) is 0 Å². The number of carbonyl (C=O) groups excluding carboxylic acids is 2. The van der Waals surface area contributed by atoms with E-state index >= 15 is 0 Å². The smallest absolute Gasteiger partial charge is 0.258 e. The Bertz CT molecular complexity index is 744. The summed E-state index contributed by atoms with van der Waals surface area (Å²) in [5.74, 6) is 0.496. The van der Waals surface area contributed by atoms with Crippen LogP contribution in [0.4, 0.5) is 5.69 Å². The third-order valence-electron chi connectivity index (χ3n) is 4.02. The SMILES string of the molecule is CC(NC(=O)COc1ccc2c(c1)CCC(=O)N2)c1ccccc1. The van der Waals surface area contributed by atoms with Crippen LogP contribution in [-0.4, -0.2) is 18.4 Å². The Labute approximate surface area is 141 Å². The fourth-order valence-electron chi connectivity index (χ4n) is 2.71. The highest BCUT2D eigenvalue weighted by Gasteiger charge is 2.15. The van der Waals surface area contributed by atoms with Gasteiger partial charge in [-0.15, -0.1) is 0 Å². The van der Waals surface area contributed by atoms with Gasteiger partial charge < -0.3 is 15.4 Å². The third-order valence-corrected chi connectivity index (χ3v) is 4.02. The molecule has 5 heteroatoms. The van der Waals surface area contributed by atoms with Crippen LogP contribution in [0.1, 0.15) is 30.5 Å². The second kappa shape index (κ2) is 7.17. The molecule has 2 aromatic carbocycles. The normalized spacial score (nSPS) is 14.3. The molecule has 124 valence electrons. The van der Waals surface area contributed by atoms with E-state index in [1.54, 1.807) is 6.07 Å². The number of carbonyl (C=O) groups is 2. The summed E-state index contributed by atoms with van der Waals surface area (Å²) in [6, 6.07) is 15.2. The Balaban J connectivity index is 1.54. The number of hydrogen-bond donors (Lipinski definition) is 2. The summed E-state index contributed by atoms with van der Waals surface area (Å²) in [5, 5.41) is 5.74. The van der Waals surface area contributed by atoms with Gasteiger partial charge in [0.2, 0.25) is 5.91 Å². The molecule has 0 aliphatic carbocycles. The predicted molar refractivity (Wildman–Crippen MR) is 91.9 cm³/mol. The minimum absolute atomic E-state index is 0.0328. The second-order valence-corrected chi connectivity index (χ2v) is 5.86. The molecule has 2 N–H and O–H groups in total. The van der Waals surface area contributed by atoms with Crippen LogP contribution in [0.25, 0.3) is 0 Å². The van der Waals surface area contributed by atoms with Crippen LogP contribution in [0.3, 0.4) is 0 Å². The molecule has 1 unspecified atom stereocenters. The summed E-state index contributed by atoms with van der Waals surface area (Å²) in [5.41, 5.74) is 2.90. The van der Waals surface area contributed by atoms with Gasteiger partial charge in [0.05, 0.1) is 6.04 Å². The van der Waals surface area contributed by atoms with E-state index < -0.39 is 0 Å². The van der Waals surface area contributed by atoms with Crippen LogP contribution >= 0.6 is 0 Å². The van der Waals surface area contributed by atoms with Gasteiger partial charge >= 0.3 is 0 Å². The largest absolute Gasteiger partial charge is 0.484 e. The molecule has 3 rings (SSSR count). The van der Waals surface area contributed by atoms with Crippen molar-refractivity contribution in [3.63, 3.8) is 0 Å². The summed E-state index contributed by atoms with van der Waals surface area (Å²) in [7, 11) is 0. The number of rotatable bonds is 5. The first-order valence-corrected chi connectivity index (χ1v) is 8.02. The lowest BCUT2D eigenvalue weighted by Gasteiger charge is -2.18. The van der Waals surface area contributed by atoms with E-state index in [1.807, 2.05) is 49.4 Å². The lowest BCUT2D eigenvalue weighted by Crippen LogP contribution is -2.31. The van der Waals surface area contributed by atoms with Gasteiger partial charge in [-0.3, -0.25) is 9.59 Å². The molecule has 0 fully saturated rings. The van der Waals surface area contributed by atoms with Crippen molar-refractivity contribution in [3.8, 4) is 5.75 Å². The summed E-state index contributed by atoms with van der Waals surface area (Å²) in [6.45, 7) is 1.90. The van der Waals surface area contributed by atoms with Gasteiger partial charge in [0.15, 0.2) is 6.61 Å². The molecule has 0 aromatic heterocycles. The highest BCUT2D eigenvalue weighted by atomic mass is 16.5. The number of aryl methyl sites for hydroxylation is 1. The number of ether oxygens (including phenoxy) is 1. The minimum Gasteiger partial charge on any atom is -0.484 e. The van der Waals surface area contributed by atoms with Crippen LogP contribution in [0, 0.1) is 0 Å². The van der Waals surface area contributed by atoms with E-state index in [-0.39, 0.29) is 24.5 Å². The third kappa shape index (κ3) is 3.93. The Morgan fingerprint density at radius 2 is 2.00 bits per heavy atom. The van der Waals surface area contributed by atoms with Gasteiger partial charge in [-0.05, 0) is 42.7 Å². The first kappa shape index (κ1) is 16.1. The molecule has 0 radical (unpaired) electrons. The molecule has 0 saturated carbocycles.